The average molecular weight is 255 g/mol. The van der Waals surface area contributed by atoms with Gasteiger partial charge in [0.2, 0.25) is 0 Å². The molecule has 2 nitrogen and oxygen atoms in total. The Labute approximate surface area is 91.8 Å². The van der Waals surface area contributed by atoms with Crippen molar-refractivity contribution < 1.29 is 9.53 Å². The number of hydrogen-bond acceptors (Lipinski definition) is 2. The fraction of sp³-hybridized carbons (Fsp3) is 0.182. The molecule has 0 fully saturated rings. The Bertz CT molecular complexity index is 311. The van der Waals surface area contributed by atoms with E-state index in [4.69, 9.17) is 4.74 Å². The van der Waals surface area contributed by atoms with Crippen molar-refractivity contribution in [2.24, 2.45) is 0 Å². The van der Waals surface area contributed by atoms with E-state index in [9.17, 15) is 4.79 Å². The second-order valence-electron chi connectivity index (χ2n) is 2.66. The van der Waals surface area contributed by atoms with Gasteiger partial charge in [0.1, 0.15) is 11.9 Å². The van der Waals surface area contributed by atoms with Crippen LogP contribution in [0.5, 0.6) is 0 Å². The van der Waals surface area contributed by atoms with Crippen LogP contribution in [0.4, 0.5) is 0 Å². The summed E-state index contributed by atoms with van der Waals surface area (Å²) in [6.07, 6.45) is 13.5. The summed E-state index contributed by atoms with van der Waals surface area (Å²) < 4.78 is 4.96. The van der Waals surface area contributed by atoms with E-state index < -0.39 is 0 Å². The molecule has 0 bridgehead atoms. The van der Waals surface area contributed by atoms with Crippen molar-refractivity contribution >= 4 is 21.9 Å². The van der Waals surface area contributed by atoms with Gasteiger partial charge in [0, 0.05) is 0 Å². The number of carbonyl (C=O) groups excluding carboxylic acids is 1. The predicted octanol–water partition coefficient (Wildman–Crippen LogP) is 2.53. The molecule has 0 unspecified atom stereocenters. The Morgan fingerprint density at radius 1 is 1.21 bits per heavy atom. The zero-order valence-corrected chi connectivity index (χ0v) is 9.24. The summed E-state index contributed by atoms with van der Waals surface area (Å²) in [5.74, 6) is -0.249. The van der Waals surface area contributed by atoms with E-state index in [-0.39, 0.29) is 11.3 Å². The molecule has 0 atom stereocenters. The maximum atomic E-state index is 10.9. The number of rotatable bonds is 3. The minimum absolute atomic E-state index is 0.236. The SMILES string of the molecule is O=C(CBr)OCC1=C/C=C\C=C/C=C\1. The molecular formula is C11H11BrO2. The van der Waals surface area contributed by atoms with E-state index in [0.29, 0.717) is 6.61 Å². The number of alkyl halides is 1. The van der Waals surface area contributed by atoms with Gasteiger partial charge in [-0.05, 0) is 5.57 Å². The highest BCUT2D eigenvalue weighted by Gasteiger charge is 1.99. The molecule has 0 amide bonds. The summed E-state index contributed by atoms with van der Waals surface area (Å²) >= 11 is 3.03. The second-order valence-corrected chi connectivity index (χ2v) is 3.23. The molecule has 3 heteroatoms. The number of ether oxygens (including phenoxy) is 1. The minimum atomic E-state index is -0.249. The first-order chi connectivity index (χ1) is 6.83. The number of esters is 1. The molecule has 1 aliphatic rings. The fourth-order valence-electron chi connectivity index (χ4n) is 0.905. The van der Waals surface area contributed by atoms with Crippen LogP contribution in [0.3, 0.4) is 0 Å². The molecule has 0 spiro atoms. The largest absolute Gasteiger partial charge is 0.460 e. The van der Waals surface area contributed by atoms with Crippen molar-refractivity contribution in [3.63, 3.8) is 0 Å². The van der Waals surface area contributed by atoms with Gasteiger partial charge in [-0.15, -0.1) is 0 Å². The molecule has 0 N–H and O–H groups in total. The highest BCUT2D eigenvalue weighted by Crippen LogP contribution is 2.02. The first kappa shape index (κ1) is 11.0. The van der Waals surface area contributed by atoms with Gasteiger partial charge in [-0.3, -0.25) is 4.79 Å². The van der Waals surface area contributed by atoms with Crippen molar-refractivity contribution in [2.45, 2.75) is 0 Å². The summed E-state index contributed by atoms with van der Waals surface area (Å²) in [5.41, 5.74) is 0.972. The average Bonchev–Trinajstić information content (AvgIpc) is 2.15. The lowest BCUT2D eigenvalue weighted by molar-refractivity contribution is -0.139. The molecule has 0 aromatic heterocycles. The van der Waals surface area contributed by atoms with Crippen LogP contribution in [0.2, 0.25) is 0 Å². The summed E-state index contributed by atoms with van der Waals surface area (Å²) in [6, 6.07) is 0. The smallest absolute Gasteiger partial charge is 0.316 e. The van der Waals surface area contributed by atoms with Crippen molar-refractivity contribution in [3.05, 3.63) is 48.1 Å². The Morgan fingerprint density at radius 3 is 2.71 bits per heavy atom. The summed E-state index contributed by atoms with van der Waals surface area (Å²) in [5, 5.41) is 0.236. The molecular weight excluding hydrogens is 244 g/mol. The summed E-state index contributed by atoms with van der Waals surface area (Å²) in [6.45, 7) is 0.319. The standard InChI is InChI=1S/C11H11BrO2/c12-8-11(13)14-9-10-6-4-2-1-3-5-7-10/h1-7H,8-9H2/b2-1-,3-1?,4-2?,5-3-,6-4-,7-5?,10-6?,10-7+. The molecule has 14 heavy (non-hydrogen) atoms. The summed E-state index contributed by atoms with van der Waals surface area (Å²) in [4.78, 5) is 10.9. The summed E-state index contributed by atoms with van der Waals surface area (Å²) in [7, 11) is 0. The predicted molar refractivity (Wildman–Crippen MR) is 60.3 cm³/mol. The molecule has 1 aliphatic carbocycles. The third kappa shape index (κ3) is 4.23. The van der Waals surface area contributed by atoms with Crippen LogP contribution in [0.15, 0.2) is 48.1 Å². The van der Waals surface area contributed by atoms with Crippen LogP contribution in [-0.4, -0.2) is 17.9 Å². The van der Waals surface area contributed by atoms with Gasteiger partial charge in [-0.2, -0.15) is 0 Å². The van der Waals surface area contributed by atoms with Crippen molar-refractivity contribution in [2.75, 3.05) is 11.9 Å². The lowest BCUT2D eigenvalue weighted by atomic mass is 10.2. The van der Waals surface area contributed by atoms with Crippen LogP contribution < -0.4 is 0 Å². The molecule has 0 heterocycles. The van der Waals surface area contributed by atoms with E-state index in [2.05, 4.69) is 15.9 Å². The topological polar surface area (TPSA) is 26.3 Å². The second kappa shape index (κ2) is 6.38. The Balaban J connectivity index is 2.47. The van der Waals surface area contributed by atoms with Crippen molar-refractivity contribution in [3.8, 4) is 0 Å². The molecule has 0 radical (unpaired) electrons. The van der Waals surface area contributed by atoms with Gasteiger partial charge in [0.05, 0.1) is 0 Å². The lowest BCUT2D eigenvalue weighted by Gasteiger charge is -2.03. The Hall–Kier alpha value is -1.09. The van der Waals surface area contributed by atoms with Crippen LogP contribution >= 0.6 is 15.9 Å². The van der Waals surface area contributed by atoms with Gasteiger partial charge >= 0.3 is 5.97 Å². The number of carbonyl (C=O) groups is 1. The first-order valence-corrected chi connectivity index (χ1v) is 5.37. The zero-order chi connectivity index (χ0) is 10.2. The Kier molecular flexibility index (Phi) is 5.00. The molecule has 74 valence electrons. The van der Waals surface area contributed by atoms with Gasteiger partial charge in [-0.1, -0.05) is 58.5 Å². The van der Waals surface area contributed by atoms with E-state index in [0.717, 1.165) is 5.57 Å². The van der Waals surface area contributed by atoms with E-state index in [1.807, 2.05) is 42.5 Å². The van der Waals surface area contributed by atoms with Gasteiger partial charge in [-0.25, -0.2) is 0 Å². The third-order valence-corrected chi connectivity index (χ3v) is 2.03. The normalized spacial score (nSPS) is 25.1. The molecule has 0 aromatic carbocycles. The molecule has 0 aliphatic heterocycles. The van der Waals surface area contributed by atoms with Crippen LogP contribution in [0, 0.1) is 0 Å². The minimum Gasteiger partial charge on any atom is -0.460 e. The number of halogens is 1. The fourth-order valence-corrected chi connectivity index (χ4v) is 1.07. The first-order valence-electron chi connectivity index (χ1n) is 4.25. The number of allylic oxidation sites excluding steroid dienone is 6. The highest BCUT2D eigenvalue weighted by molar-refractivity contribution is 9.09. The van der Waals surface area contributed by atoms with Gasteiger partial charge in [0.25, 0.3) is 0 Å². The van der Waals surface area contributed by atoms with Gasteiger partial charge < -0.3 is 4.74 Å². The quantitative estimate of drug-likeness (QED) is 0.572. The van der Waals surface area contributed by atoms with Crippen LogP contribution in [0.1, 0.15) is 0 Å². The molecule has 0 saturated carbocycles. The number of hydrogen-bond donors (Lipinski definition) is 0. The van der Waals surface area contributed by atoms with Crippen molar-refractivity contribution in [1.29, 1.82) is 0 Å². The van der Waals surface area contributed by atoms with E-state index >= 15 is 0 Å². The molecule has 1 rings (SSSR count). The third-order valence-electron chi connectivity index (χ3n) is 1.57. The zero-order valence-electron chi connectivity index (χ0n) is 7.65. The molecule has 0 aromatic rings. The highest BCUT2D eigenvalue weighted by atomic mass is 79.9. The van der Waals surface area contributed by atoms with Crippen LogP contribution in [-0.2, 0) is 9.53 Å². The van der Waals surface area contributed by atoms with Crippen LogP contribution in [0.25, 0.3) is 0 Å². The van der Waals surface area contributed by atoms with Crippen molar-refractivity contribution in [1.82, 2.24) is 0 Å². The molecule has 0 saturated heterocycles. The van der Waals surface area contributed by atoms with E-state index in [1.165, 1.54) is 0 Å². The lowest BCUT2D eigenvalue weighted by Crippen LogP contribution is -2.07. The monoisotopic (exact) mass is 254 g/mol. The maximum absolute atomic E-state index is 10.9. The van der Waals surface area contributed by atoms with Gasteiger partial charge in [0.15, 0.2) is 0 Å². The Morgan fingerprint density at radius 2 is 1.93 bits per heavy atom. The maximum Gasteiger partial charge on any atom is 0.316 e. The van der Waals surface area contributed by atoms with E-state index in [1.54, 1.807) is 0 Å².